The lowest BCUT2D eigenvalue weighted by Gasteiger charge is -2.30. The molecule has 0 radical (unpaired) electrons. The molecule has 2 aromatic rings. The average molecular weight is 387 g/mol. The van der Waals surface area contributed by atoms with Gasteiger partial charge in [-0.3, -0.25) is 24.2 Å². The SMILES string of the molecule is CC(=O)[C@H]1[C@@H]2C(=O)N(CCc3ccccc3)C(=O)[C@@H]2[C@H]2c3ccccc3C=C[NH+]21. The van der Waals surface area contributed by atoms with E-state index in [9.17, 15) is 14.4 Å². The van der Waals surface area contributed by atoms with Gasteiger partial charge in [0.15, 0.2) is 11.8 Å². The van der Waals surface area contributed by atoms with Crippen LogP contribution in [-0.2, 0) is 20.8 Å². The number of likely N-dealkylation sites (tertiary alicyclic amines) is 1. The quantitative estimate of drug-likeness (QED) is 0.807. The van der Waals surface area contributed by atoms with Crippen molar-refractivity contribution >= 4 is 23.7 Å². The van der Waals surface area contributed by atoms with Crippen molar-refractivity contribution in [2.24, 2.45) is 11.8 Å². The second-order valence-corrected chi connectivity index (χ2v) is 8.14. The third kappa shape index (κ3) is 2.69. The molecule has 0 aromatic heterocycles. The molecule has 0 spiro atoms. The van der Waals surface area contributed by atoms with Crippen LogP contribution in [0.15, 0.2) is 60.8 Å². The summed E-state index contributed by atoms with van der Waals surface area (Å²) in [6, 6.07) is 17.1. The molecule has 1 unspecified atom stereocenters. The first kappa shape index (κ1) is 18.0. The molecular formula is C24H23N2O3+. The number of fused-ring (bicyclic) bond motifs is 5. The monoisotopic (exact) mass is 387 g/mol. The predicted octanol–water partition coefficient (Wildman–Crippen LogP) is 1.41. The molecule has 1 N–H and O–H groups in total. The third-order valence-corrected chi connectivity index (χ3v) is 6.62. The minimum absolute atomic E-state index is 0.0346. The zero-order valence-electron chi connectivity index (χ0n) is 16.2. The number of quaternary nitrogens is 1. The van der Waals surface area contributed by atoms with Gasteiger partial charge in [0.25, 0.3) is 0 Å². The summed E-state index contributed by atoms with van der Waals surface area (Å²) in [5.74, 6) is -1.41. The van der Waals surface area contributed by atoms with Crippen LogP contribution in [0.2, 0.25) is 0 Å². The van der Waals surface area contributed by atoms with E-state index in [1.807, 2.05) is 66.9 Å². The Morgan fingerprint density at radius 2 is 1.66 bits per heavy atom. The molecule has 0 aliphatic carbocycles. The zero-order valence-corrected chi connectivity index (χ0v) is 16.2. The van der Waals surface area contributed by atoms with Gasteiger partial charge in [-0.15, -0.1) is 0 Å². The van der Waals surface area contributed by atoms with Crippen molar-refractivity contribution in [2.75, 3.05) is 6.54 Å². The van der Waals surface area contributed by atoms with Gasteiger partial charge in [-0.25, -0.2) is 0 Å². The van der Waals surface area contributed by atoms with E-state index < -0.39 is 17.9 Å². The van der Waals surface area contributed by atoms with Crippen molar-refractivity contribution in [1.82, 2.24) is 4.90 Å². The third-order valence-electron chi connectivity index (χ3n) is 6.62. The van der Waals surface area contributed by atoms with Crippen molar-refractivity contribution < 1.29 is 19.3 Å². The molecular weight excluding hydrogens is 364 g/mol. The highest BCUT2D eigenvalue weighted by Crippen LogP contribution is 2.43. The number of nitrogens with zero attached hydrogens (tertiary/aromatic N) is 1. The summed E-state index contributed by atoms with van der Waals surface area (Å²) >= 11 is 0. The molecule has 0 bridgehead atoms. The van der Waals surface area contributed by atoms with Crippen molar-refractivity contribution in [3.63, 3.8) is 0 Å². The average Bonchev–Trinajstić information content (AvgIpc) is 3.21. The summed E-state index contributed by atoms with van der Waals surface area (Å²) in [6.07, 6.45) is 4.59. The molecule has 2 aromatic carbocycles. The van der Waals surface area contributed by atoms with Crippen LogP contribution in [-0.4, -0.2) is 35.1 Å². The molecule has 5 heteroatoms. The molecule has 2 amide bonds. The molecule has 3 aliphatic heterocycles. The van der Waals surface area contributed by atoms with Crippen LogP contribution < -0.4 is 4.90 Å². The fourth-order valence-corrected chi connectivity index (χ4v) is 5.39. The van der Waals surface area contributed by atoms with E-state index in [0.29, 0.717) is 13.0 Å². The Hall–Kier alpha value is -3.05. The van der Waals surface area contributed by atoms with E-state index in [1.54, 1.807) is 0 Å². The lowest BCUT2D eigenvalue weighted by molar-refractivity contribution is -0.884. The largest absolute Gasteiger partial charge is 0.293 e. The Bertz CT molecular complexity index is 1030. The number of nitrogens with one attached hydrogen (secondary N) is 1. The Balaban J connectivity index is 1.50. The van der Waals surface area contributed by atoms with Gasteiger partial charge < -0.3 is 0 Å². The Labute approximate surface area is 169 Å². The molecule has 2 saturated heterocycles. The number of carbonyl (C=O) groups excluding carboxylic acids is 3. The highest BCUT2D eigenvalue weighted by Gasteiger charge is 2.67. The van der Waals surface area contributed by atoms with Gasteiger partial charge in [0.2, 0.25) is 11.8 Å². The lowest BCUT2D eigenvalue weighted by atomic mass is 9.84. The summed E-state index contributed by atoms with van der Waals surface area (Å²) < 4.78 is 0. The molecule has 5 atom stereocenters. The number of amides is 2. The van der Waals surface area contributed by atoms with Crippen LogP contribution in [0.25, 0.3) is 6.08 Å². The van der Waals surface area contributed by atoms with Crippen LogP contribution in [0.3, 0.4) is 0 Å². The summed E-state index contributed by atoms with van der Waals surface area (Å²) in [4.78, 5) is 41.6. The van der Waals surface area contributed by atoms with Crippen molar-refractivity contribution in [3.05, 3.63) is 77.5 Å². The van der Waals surface area contributed by atoms with Crippen LogP contribution in [0.5, 0.6) is 0 Å². The highest BCUT2D eigenvalue weighted by molar-refractivity contribution is 6.08. The lowest BCUT2D eigenvalue weighted by Crippen LogP contribution is -3.12. The van der Waals surface area contributed by atoms with E-state index in [-0.39, 0.29) is 23.6 Å². The van der Waals surface area contributed by atoms with Crippen LogP contribution in [0, 0.1) is 11.8 Å². The fourth-order valence-electron chi connectivity index (χ4n) is 5.39. The Morgan fingerprint density at radius 1 is 0.966 bits per heavy atom. The minimum Gasteiger partial charge on any atom is -0.293 e. The first-order valence-corrected chi connectivity index (χ1v) is 10.1. The highest BCUT2D eigenvalue weighted by atomic mass is 16.2. The number of Topliss-reactive ketones (excluding diaryl/α,β-unsaturated/α-hetero) is 1. The molecule has 146 valence electrons. The normalized spacial score (nSPS) is 29.6. The number of benzene rings is 2. The minimum atomic E-state index is -0.577. The molecule has 0 saturated carbocycles. The van der Waals surface area contributed by atoms with Gasteiger partial charge in [0.05, 0.1) is 6.20 Å². The van der Waals surface area contributed by atoms with Gasteiger partial charge in [-0.1, -0.05) is 54.6 Å². The maximum atomic E-state index is 13.4. The molecule has 5 rings (SSSR count). The van der Waals surface area contributed by atoms with Gasteiger partial charge in [-0.2, -0.15) is 0 Å². The van der Waals surface area contributed by atoms with Crippen LogP contribution in [0.1, 0.15) is 29.7 Å². The van der Waals surface area contributed by atoms with E-state index in [1.165, 1.54) is 11.8 Å². The molecule has 3 heterocycles. The van der Waals surface area contributed by atoms with Gasteiger partial charge >= 0.3 is 0 Å². The second-order valence-electron chi connectivity index (χ2n) is 8.14. The van der Waals surface area contributed by atoms with Gasteiger partial charge in [0.1, 0.15) is 17.9 Å². The predicted molar refractivity (Wildman–Crippen MR) is 107 cm³/mol. The first-order chi connectivity index (χ1) is 14.1. The Morgan fingerprint density at radius 3 is 2.41 bits per heavy atom. The van der Waals surface area contributed by atoms with E-state index >= 15 is 0 Å². The first-order valence-electron chi connectivity index (χ1n) is 10.1. The smallest absolute Gasteiger partial charge is 0.239 e. The molecule has 5 nitrogen and oxygen atoms in total. The molecule has 3 aliphatic rings. The van der Waals surface area contributed by atoms with Crippen molar-refractivity contribution in [3.8, 4) is 0 Å². The number of carbonyl (C=O) groups is 3. The van der Waals surface area contributed by atoms with Crippen molar-refractivity contribution in [1.29, 1.82) is 0 Å². The second kappa shape index (κ2) is 6.78. The zero-order chi connectivity index (χ0) is 20.1. The van der Waals surface area contributed by atoms with Gasteiger partial charge in [0, 0.05) is 19.0 Å². The van der Waals surface area contributed by atoms with Crippen molar-refractivity contribution in [2.45, 2.75) is 25.4 Å². The van der Waals surface area contributed by atoms with E-state index in [2.05, 4.69) is 0 Å². The number of rotatable bonds is 4. The topological polar surface area (TPSA) is 58.9 Å². The number of ketones is 1. The van der Waals surface area contributed by atoms with E-state index in [4.69, 9.17) is 0 Å². The summed E-state index contributed by atoms with van der Waals surface area (Å²) in [6.45, 7) is 1.90. The number of hydrogen-bond acceptors (Lipinski definition) is 3. The maximum absolute atomic E-state index is 13.4. The summed E-state index contributed by atoms with van der Waals surface area (Å²) in [5, 5.41) is 0. The van der Waals surface area contributed by atoms with Gasteiger partial charge in [-0.05, 0) is 23.6 Å². The molecule has 29 heavy (non-hydrogen) atoms. The fraction of sp³-hybridized carbons (Fsp3) is 0.292. The molecule has 2 fully saturated rings. The van der Waals surface area contributed by atoms with Crippen LogP contribution in [0.4, 0.5) is 0 Å². The standard InChI is InChI=1S/C24H22N2O3/c1-15(27)21-19-20(22-18-10-6-5-9-17(18)12-14-25(21)22)24(29)26(23(19)28)13-11-16-7-3-2-4-8-16/h2-10,12,14,19-22H,11,13H2,1H3/p+1/t19-,20+,21+,22-/m1/s1. The summed E-state index contributed by atoms with van der Waals surface area (Å²) in [5.41, 5.74) is 3.20. The number of hydrogen-bond donors (Lipinski definition) is 1. The summed E-state index contributed by atoms with van der Waals surface area (Å²) in [7, 11) is 0. The van der Waals surface area contributed by atoms with Crippen LogP contribution >= 0.6 is 0 Å². The Kier molecular flexibility index (Phi) is 4.21. The van der Waals surface area contributed by atoms with E-state index in [0.717, 1.165) is 21.6 Å². The number of imide groups is 1. The maximum Gasteiger partial charge on any atom is 0.239 e.